The zero-order chi connectivity index (χ0) is 29.4. The highest BCUT2D eigenvalue weighted by Gasteiger charge is 2.58. The molecule has 3 heterocycles. The molecule has 13 heteroatoms. The molecule has 0 unspecified atom stereocenters. The zero-order valence-electron chi connectivity index (χ0n) is 21.2. The second kappa shape index (κ2) is 10.9. The van der Waals surface area contributed by atoms with Crippen molar-refractivity contribution in [1.82, 2.24) is 19.5 Å². The molecule has 0 amide bonds. The van der Waals surface area contributed by atoms with Gasteiger partial charge in [-0.25, -0.2) is 19.6 Å². The van der Waals surface area contributed by atoms with Gasteiger partial charge >= 0.3 is 11.9 Å². The standard InChI is InChI=1S/C28H23ClN4O8/c1-2-27(39)18(14-40-28(24(35)36,25(37)38)13-16-9-5-3-6-10-16)41-23(21(27)34)33-15-30-20-19(17-11-7-4-8-12-17)31-26(29)32-22(20)33/h1,3-12,15,18,21,23,34,39H,13-14H2,(H,35,36)(H,37,38)/t18-,21+,23-,27-/m1/s1. The molecule has 1 saturated heterocycles. The Balaban J connectivity index is 1.48. The average molecular weight is 579 g/mol. The number of terminal acetylenes is 1. The SMILES string of the molecule is C#C[C@@]1(O)[C@@H](COC(Cc2ccccc2)(C(=O)O)C(=O)O)O[C@@H](n2cnc3c(-c4ccccc4)nc(Cl)nc32)[C@@H]1O. The molecule has 4 N–H and O–H groups in total. The van der Waals surface area contributed by atoms with Gasteiger partial charge in [0.25, 0.3) is 5.60 Å². The number of nitrogens with zero attached hydrogens (tertiary/aromatic N) is 4. The number of fused-ring (bicyclic) bond motifs is 1. The molecule has 12 nitrogen and oxygen atoms in total. The van der Waals surface area contributed by atoms with Crippen molar-refractivity contribution >= 4 is 34.7 Å². The number of aliphatic hydroxyl groups excluding tert-OH is 1. The fourth-order valence-electron chi connectivity index (χ4n) is 4.71. The molecule has 5 rings (SSSR count). The topological polar surface area (TPSA) is 177 Å². The highest BCUT2D eigenvalue weighted by Crippen LogP contribution is 2.40. The summed E-state index contributed by atoms with van der Waals surface area (Å²) in [5.41, 5.74) is -3.18. The lowest BCUT2D eigenvalue weighted by Gasteiger charge is -2.30. The Bertz CT molecular complexity index is 1630. The lowest BCUT2D eigenvalue weighted by Crippen LogP contribution is -2.55. The molecule has 41 heavy (non-hydrogen) atoms. The number of aliphatic carboxylic acids is 2. The average Bonchev–Trinajstić information content (AvgIpc) is 3.49. The molecule has 210 valence electrons. The van der Waals surface area contributed by atoms with Gasteiger partial charge in [-0.2, -0.15) is 4.98 Å². The number of benzene rings is 2. The lowest BCUT2D eigenvalue weighted by atomic mass is 9.92. The number of rotatable bonds is 9. The van der Waals surface area contributed by atoms with E-state index in [9.17, 15) is 30.0 Å². The third kappa shape index (κ3) is 4.90. The van der Waals surface area contributed by atoms with Crippen LogP contribution in [-0.2, 0) is 25.5 Å². The normalized spacial score (nSPS) is 22.4. The number of hydrogen-bond donors (Lipinski definition) is 4. The number of carboxylic acid groups (broad SMARTS) is 2. The zero-order valence-corrected chi connectivity index (χ0v) is 21.9. The highest BCUT2D eigenvalue weighted by molar-refractivity contribution is 6.28. The van der Waals surface area contributed by atoms with E-state index in [1.54, 1.807) is 42.5 Å². The molecule has 0 aliphatic carbocycles. The van der Waals surface area contributed by atoms with E-state index in [-0.39, 0.29) is 10.9 Å². The molecular weight excluding hydrogens is 556 g/mol. The molecule has 1 fully saturated rings. The monoisotopic (exact) mass is 578 g/mol. The van der Waals surface area contributed by atoms with Crippen LogP contribution in [0, 0.1) is 12.3 Å². The Morgan fingerprint density at radius 3 is 2.34 bits per heavy atom. The highest BCUT2D eigenvalue weighted by atomic mass is 35.5. The number of aromatic nitrogens is 4. The first kappa shape index (κ1) is 28.2. The fourth-order valence-corrected chi connectivity index (χ4v) is 4.87. The van der Waals surface area contributed by atoms with Crippen molar-refractivity contribution in [3.63, 3.8) is 0 Å². The van der Waals surface area contributed by atoms with Crippen LogP contribution in [0.1, 0.15) is 11.8 Å². The van der Waals surface area contributed by atoms with E-state index in [1.807, 2.05) is 18.2 Å². The number of carbonyl (C=O) groups is 2. The van der Waals surface area contributed by atoms with Crippen LogP contribution < -0.4 is 0 Å². The summed E-state index contributed by atoms with van der Waals surface area (Å²) < 4.78 is 12.7. The Hall–Kier alpha value is -4.38. The van der Waals surface area contributed by atoms with Crippen LogP contribution in [0.25, 0.3) is 22.4 Å². The number of imidazole rings is 1. The van der Waals surface area contributed by atoms with E-state index < -0.39 is 54.6 Å². The van der Waals surface area contributed by atoms with E-state index in [4.69, 9.17) is 27.5 Å². The molecule has 0 bridgehead atoms. The predicted molar refractivity (Wildman–Crippen MR) is 144 cm³/mol. The van der Waals surface area contributed by atoms with E-state index in [2.05, 4.69) is 20.9 Å². The lowest BCUT2D eigenvalue weighted by molar-refractivity contribution is -0.191. The fraction of sp³-hybridized carbons (Fsp3) is 0.250. The molecular formula is C28H23ClN4O8. The minimum Gasteiger partial charge on any atom is -0.479 e. The van der Waals surface area contributed by atoms with Crippen LogP contribution in [0.3, 0.4) is 0 Å². The second-order valence-corrected chi connectivity index (χ2v) is 9.71. The Labute approximate surface area is 237 Å². The predicted octanol–water partition coefficient (Wildman–Crippen LogP) is 1.94. The Morgan fingerprint density at radius 1 is 1.10 bits per heavy atom. The molecule has 1 aliphatic heterocycles. The van der Waals surface area contributed by atoms with Crippen LogP contribution in [0.15, 0.2) is 67.0 Å². The van der Waals surface area contributed by atoms with E-state index >= 15 is 0 Å². The van der Waals surface area contributed by atoms with Gasteiger partial charge in [-0.1, -0.05) is 66.6 Å². The smallest absolute Gasteiger partial charge is 0.348 e. The minimum absolute atomic E-state index is 0.119. The maximum Gasteiger partial charge on any atom is 0.348 e. The number of aliphatic hydroxyl groups is 2. The van der Waals surface area contributed by atoms with Gasteiger partial charge in [0.2, 0.25) is 5.28 Å². The van der Waals surface area contributed by atoms with Gasteiger partial charge in [-0.15, -0.1) is 6.42 Å². The summed E-state index contributed by atoms with van der Waals surface area (Å²) in [4.78, 5) is 37.3. The first-order chi connectivity index (χ1) is 19.6. The van der Waals surface area contributed by atoms with E-state index in [0.29, 0.717) is 22.3 Å². The maximum absolute atomic E-state index is 12.2. The summed E-state index contributed by atoms with van der Waals surface area (Å²) in [5.74, 6) is -1.45. The van der Waals surface area contributed by atoms with Gasteiger partial charge in [-0.3, -0.25) is 4.57 Å². The third-order valence-electron chi connectivity index (χ3n) is 6.93. The van der Waals surface area contributed by atoms with Gasteiger partial charge in [0.05, 0.1) is 12.9 Å². The molecule has 0 spiro atoms. The summed E-state index contributed by atoms with van der Waals surface area (Å²) in [7, 11) is 0. The second-order valence-electron chi connectivity index (χ2n) is 9.37. The van der Waals surface area contributed by atoms with Crippen LogP contribution in [0.2, 0.25) is 5.28 Å². The van der Waals surface area contributed by atoms with Crippen molar-refractivity contribution < 1.29 is 39.5 Å². The minimum atomic E-state index is -2.74. The third-order valence-corrected chi connectivity index (χ3v) is 7.10. The van der Waals surface area contributed by atoms with Gasteiger partial charge in [-0.05, 0) is 17.2 Å². The molecule has 0 radical (unpaired) electrons. The molecule has 0 saturated carbocycles. The molecule has 2 aromatic carbocycles. The van der Waals surface area contributed by atoms with Crippen LogP contribution >= 0.6 is 11.6 Å². The number of ether oxygens (including phenoxy) is 2. The van der Waals surface area contributed by atoms with Crippen molar-refractivity contribution in [2.24, 2.45) is 0 Å². The van der Waals surface area contributed by atoms with Gasteiger partial charge in [0.1, 0.15) is 23.4 Å². The van der Waals surface area contributed by atoms with Gasteiger partial charge < -0.3 is 29.9 Å². The largest absolute Gasteiger partial charge is 0.479 e. The quantitative estimate of drug-likeness (QED) is 0.130. The number of carboxylic acids is 2. The summed E-state index contributed by atoms with van der Waals surface area (Å²) in [6, 6.07) is 17.1. The van der Waals surface area contributed by atoms with Crippen molar-refractivity contribution in [1.29, 1.82) is 0 Å². The van der Waals surface area contributed by atoms with Crippen LogP contribution in [0.4, 0.5) is 0 Å². The number of halogens is 1. The summed E-state index contributed by atoms with van der Waals surface area (Å²) in [6.07, 6.45) is 1.62. The van der Waals surface area contributed by atoms with Crippen LogP contribution in [-0.4, -0.2) is 81.9 Å². The van der Waals surface area contributed by atoms with E-state index in [1.165, 1.54) is 10.9 Å². The van der Waals surface area contributed by atoms with Crippen molar-refractivity contribution in [2.75, 3.05) is 6.61 Å². The van der Waals surface area contributed by atoms with Crippen molar-refractivity contribution in [3.8, 4) is 23.6 Å². The first-order valence-electron chi connectivity index (χ1n) is 12.2. The molecule has 4 aromatic rings. The maximum atomic E-state index is 12.2. The summed E-state index contributed by atoms with van der Waals surface area (Å²) in [5, 5.41) is 42.0. The molecule has 1 aliphatic rings. The van der Waals surface area contributed by atoms with Gasteiger partial charge in [0.15, 0.2) is 17.5 Å². The van der Waals surface area contributed by atoms with E-state index in [0.717, 1.165) is 0 Å². The first-order valence-corrected chi connectivity index (χ1v) is 12.6. The summed E-state index contributed by atoms with van der Waals surface area (Å²) in [6.45, 7) is -0.794. The van der Waals surface area contributed by atoms with Crippen LogP contribution in [0.5, 0.6) is 0 Å². The molecule has 2 aromatic heterocycles. The van der Waals surface area contributed by atoms with Crippen molar-refractivity contribution in [2.45, 2.75) is 36.1 Å². The van der Waals surface area contributed by atoms with Crippen molar-refractivity contribution in [3.05, 3.63) is 77.8 Å². The number of hydrogen-bond acceptors (Lipinski definition) is 9. The molecule has 4 atom stereocenters. The Morgan fingerprint density at radius 2 is 1.73 bits per heavy atom. The Kier molecular flexibility index (Phi) is 7.48. The summed E-state index contributed by atoms with van der Waals surface area (Å²) >= 11 is 6.20. The van der Waals surface area contributed by atoms with Gasteiger partial charge in [0, 0.05) is 12.0 Å².